The molecule has 1 aliphatic rings. The molecule has 7 nitrogen and oxygen atoms in total. The average Bonchev–Trinajstić information content (AvgIpc) is 3.40. The Labute approximate surface area is 185 Å². The van der Waals surface area contributed by atoms with Crippen molar-refractivity contribution in [3.63, 3.8) is 0 Å². The van der Waals surface area contributed by atoms with E-state index in [1.54, 1.807) is 12.1 Å². The van der Waals surface area contributed by atoms with E-state index in [1.807, 2.05) is 44.2 Å². The van der Waals surface area contributed by atoms with Gasteiger partial charge in [0.2, 0.25) is 5.82 Å². The molecule has 0 radical (unpaired) electrons. The predicted molar refractivity (Wildman–Crippen MR) is 117 cm³/mol. The molecule has 0 saturated carbocycles. The number of hydrogen-bond acceptors (Lipinski definition) is 6. The molecule has 2 aromatic carbocycles. The van der Waals surface area contributed by atoms with Gasteiger partial charge < -0.3 is 14.4 Å². The Morgan fingerprint density at radius 3 is 2.65 bits per heavy atom. The van der Waals surface area contributed by atoms with Crippen LogP contribution in [0.4, 0.5) is 0 Å². The summed E-state index contributed by atoms with van der Waals surface area (Å²) in [5.41, 5.74) is 2.68. The molecule has 0 spiro atoms. The monoisotopic (exact) mass is 441 g/mol. The summed E-state index contributed by atoms with van der Waals surface area (Å²) < 4.78 is 11.1. The molecule has 0 unspecified atom stereocenters. The first-order chi connectivity index (χ1) is 14.9. The number of ether oxygens (including phenoxy) is 1. The second kappa shape index (κ2) is 9.08. The highest BCUT2D eigenvalue weighted by molar-refractivity contribution is 6.32. The van der Waals surface area contributed by atoms with Crippen molar-refractivity contribution in [3.05, 3.63) is 53.1 Å². The van der Waals surface area contributed by atoms with Gasteiger partial charge in [-0.2, -0.15) is 4.98 Å². The summed E-state index contributed by atoms with van der Waals surface area (Å²) in [5, 5.41) is 13.7. The second-order valence-electron chi connectivity index (χ2n) is 7.99. The number of aromatic nitrogens is 2. The zero-order chi connectivity index (χ0) is 22.0. The first kappa shape index (κ1) is 21.3. The van der Waals surface area contributed by atoms with E-state index in [0.717, 1.165) is 29.8 Å². The molecule has 2 heterocycles. The van der Waals surface area contributed by atoms with Gasteiger partial charge in [0.1, 0.15) is 5.75 Å². The Kier molecular flexibility index (Phi) is 6.25. The van der Waals surface area contributed by atoms with Crippen LogP contribution >= 0.6 is 11.6 Å². The van der Waals surface area contributed by atoms with E-state index in [-0.39, 0.29) is 12.0 Å². The molecule has 0 bridgehead atoms. The van der Waals surface area contributed by atoms with Gasteiger partial charge in [-0.25, -0.2) is 0 Å². The molecule has 1 atom stereocenters. The van der Waals surface area contributed by atoms with Crippen molar-refractivity contribution >= 4 is 17.6 Å². The number of nitrogens with zero attached hydrogens (tertiary/aromatic N) is 3. The van der Waals surface area contributed by atoms with E-state index in [2.05, 4.69) is 15.0 Å². The number of halogens is 1. The van der Waals surface area contributed by atoms with Crippen molar-refractivity contribution in [2.45, 2.75) is 32.9 Å². The summed E-state index contributed by atoms with van der Waals surface area (Å²) in [6, 6.07) is 13.3. The molecule has 1 fully saturated rings. The molecule has 1 aromatic heterocycles. The number of aliphatic carboxylic acids is 1. The van der Waals surface area contributed by atoms with Crippen molar-refractivity contribution < 1.29 is 19.2 Å². The quantitative estimate of drug-likeness (QED) is 0.565. The molecular weight excluding hydrogens is 418 g/mol. The smallest absolute Gasteiger partial charge is 0.307 e. The number of carboxylic acid groups (broad SMARTS) is 1. The molecule has 0 aliphatic carbocycles. The van der Waals surface area contributed by atoms with Crippen LogP contribution in [0.5, 0.6) is 5.75 Å². The molecule has 162 valence electrons. The lowest BCUT2D eigenvalue weighted by Crippen LogP contribution is -2.22. The van der Waals surface area contributed by atoms with Crippen molar-refractivity contribution in [1.29, 1.82) is 0 Å². The molecule has 8 heteroatoms. The molecule has 4 rings (SSSR count). The maximum absolute atomic E-state index is 11.1. The van der Waals surface area contributed by atoms with E-state index in [9.17, 15) is 4.79 Å². The fourth-order valence-corrected chi connectivity index (χ4v) is 3.86. The molecule has 1 aliphatic heterocycles. The number of likely N-dealkylation sites (tertiary alicyclic amines) is 1. The van der Waals surface area contributed by atoms with Crippen LogP contribution < -0.4 is 4.74 Å². The van der Waals surface area contributed by atoms with Crippen LogP contribution in [-0.2, 0) is 11.3 Å². The SMILES string of the molecule is CC(C)Oc1ccc(-c2noc(-c3ccc(CN4CC[C@@H](C(=O)O)C4)cc3)n2)cc1Cl. The summed E-state index contributed by atoms with van der Waals surface area (Å²) in [7, 11) is 0. The van der Waals surface area contributed by atoms with Gasteiger partial charge in [0.25, 0.3) is 5.89 Å². The maximum Gasteiger partial charge on any atom is 0.307 e. The van der Waals surface area contributed by atoms with Crippen LogP contribution in [0.2, 0.25) is 5.02 Å². The minimum Gasteiger partial charge on any atom is -0.489 e. The van der Waals surface area contributed by atoms with Crippen molar-refractivity contribution in [2.75, 3.05) is 13.1 Å². The van der Waals surface area contributed by atoms with Gasteiger partial charge in [0, 0.05) is 24.2 Å². The van der Waals surface area contributed by atoms with Crippen LogP contribution in [0.15, 0.2) is 47.0 Å². The minimum absolute atomic E-state index is 0.0344. The average molecular weight is 442 g/mol. The van der Waals surface area contributed by atoms with Crippen molar-refractivity contribution in [2.24, 2.45) is 5.92 Å². The molecule has 1 N–H and O–H groups in total. The molecule has 3 aromatic rings. The molecule has 1 saturated heterocycles. The highest BCUT2D eigenvalue weighted by Gasteiger charge is 2.27. The van der Waals surface area contributed by atoms with Gasteiger partial charge in [0.05, 0.1) is 17.0 Å². The van der Waals surface area contributed by atoms with Crippen molar-refractivity contribution in [3.8, 4) is 28.6 Å². The third kappa shape index (κ3) is 5.06. The maximum atomic E-state index is 11.1. The largest absolute Gasteiger partial charge is 0.489 e. The molecular formula is C23H24ClN3O4. The van der Waals surface area contributed by atoms with E-state index in [4.69, 9.17) is 26.0 Å². The van der Waals surface area contributed by atoms with Gasteiger partial charge in [0.15, 0.2) is 0 Å². The normalized spacial score (nSPS) is 16.7. The molecule has 0 amide bonds. The Morgan fingerprint density at radius 1 is 1.26 bits per heavy atom. The predicted octanol–water partition coefficient (Wildman–Crippen LogP) is 4.75. The fourth-order valence-electron chi connectivity index (χ4n) is 3.64. The fraction of sp³-hybridized carbons (Fsp3) is 0.348. The standard InChI is InChI=1S/C23H24ClN3O4/c1-14(2)30-20-8-7-17(11-19(20)24)21-25-22(31-26-21)16-5-3-15(4-6-16)12-27-10-9-18(13-27)23(28)29/h3-8,11,14,18H,9-10,12-13H2,1-2H3,(H,28,29)/t18-/m1/s1. The number of carboxylic acids is 1. The Morgan fingerprint density at radius 2 is 2.00 bits per heavy atom. The topological polar surface area (TPSA) is 88.7 Å². The minimum atomic E-state index is -0.714. The third-order valence-corrected chi connectivity index (χ3v) is 5.50. The molecule has 31 heavy (non-hydrogen) atoms. The van der Waals surface area contributed by atoms with E-state index in [0.29, 0.717) is 35.5 Å². The van der Waals surface area contributed by atoms with E-state index >= 15 is 0 Å². The zero-order valence-corrected chi connectivity index (χ0v) is 18.2. The lowest BCUT2D eigenvalue weighted by Gasteiger charge is -2.15. The summed E-state index contributed by atoms with van der Waals surface area (Å²) in [6.07, 6.45) is 0.736. The number of carbonyl (C=O) groups is 1. The number of rotatable bonds is 7. The Hall–Kier alpha value is -2.90. The van der Waals surface area contributed by atoms with Crippen LogP contribution in [0, 0.1) is 5.92 Å². The van der Waals surface area contributed by atoms with Crippen LogP contribution in [0.3, 0.4) is 0 Å². The van der Waals surface area contributed by atoms with Gasteiger partial charge >= 0.3 is 5.97 Å². The highest BCUT2D eigenvalue weighted by Crippen LogP contribution is 2.31. The summed E-state index contributed by atoms with van der Waals surface area (Å²) in [4.78, 5) is 17.8. The number of benzene rings is 2. The third-order valence-electron chi connectivity index (χ3n) is 5.21. The first-order valence-electron chi connectivity index (χ1n) is 10.2. The Bertz CT molecular complexity index is 1060. The lowest BCUT2D eigenvalue weighted by molar-refractivity contribution is -0.141. The summed E-state index contributed by atoms with van der Waals surface area (Å²) in [5.74, 6) is 0.512. The summed E-state index contributed by atoms with van der Waals surface area (Å²) >= 11 is 6.31. The van der Waals surface area contributed by atoms with Crippen molar-refractivity contribution in [1.82, 2.24) is 15.0 Å². The van der Waals surface area contributed by atoms with E-state index in [1.165, 1.54) is 0 Å². The van der Waals surface area contributed by atoms with Gasteiger partial charge in [-0.1, -0.05) is 28.9 Å². The van der Waals surface area contributed by atoms with Gasteiger partial charge in [-0.15, -0.1) is 0 Å². The lowest BCUT2D eigenvalue weighted by atomic mass is 10.1. The van der Waals surface area contributed by atoms with Gasteiger partial charge in [-0.3, -0.25) is 9.69 Å². The summed E-state index contributed by atoms with van der Waals surface area (Å²) in [6.45, 7) is 6.00. The Balaban J connectivity index is 1.43. The van der Waals surface area contributed by atoms with Crippen LogP contribution in [0.1, 0.15) is 25.8 Å². The highest BCUT2D eigenvalue weighted by atomic mass is 35.5. The number of hydrogen-bond donors (Lipinski definition) is 1. The second-order valence-corrected chi connectivity index (χ2v) is 8.40. The first-order valence-corrected chi connectivity index (χ1v) is 10.6. The van der Waals surface area contributed by atoms with Gasteiger partial charge in [-0.05, 0) is 62.7 Å². The van der Waals surface area contributed by atoms with Crippen LogP contribution in [0.25, 0.3) is 22.8 Å². The van der Waals surface area contributed by atoms with Crippen LogP contribution in [-0.4, -0.2) is 45.3 Å². The van der Waals surface area contributed by atoms with E-state index < -0.39 is 5.97 Å². The zero-order valence-electron chi connectivity index (χ0n) is 17.4.